The van der Waals surface area contributed by atoms with Gasteiger partial charge in [0, 0.05) is 0 Å². The summed E-state index contributed by atoms with van der Waals surface area (Å²) >= 11 is 0. The fourth-order valence-corrected chi connectivity index (χ4v) is 2.28. The zero-order valence-electron chi connectivity index (χ0n) is 11.0. The monoisotopic (exact) mass is 248 g/mol. The van der Waals surface area contributed by atoms with Crippen molar-refractivity contribution in [2.45, 2.75) is 26.2 Å². The lowest BCUT2D eigenvalue weighted by atomic mass is 10.0. The van der Waals surface area contributed by atoms with Crippen LogP contribution in [0.1, 0.15) is 24.5 Å². The van der Waals surface area contributed by atoms with Crippen LogP contribution in [-0.2, 0) is 17.6 Å². The standard InChI is InChI=1S/C14H20N2O2/c1-3-7-15-8-6-10-4-5-12(18-2)14-11(10)9-13(17)16-14/h4-5,15H,3,6-9H2,1-2H3,(H,16,17). The maximum Gasteiger partial charge on any atom is 0.228 e. The second-order valence-electron chi connectivity index (χ2n) is 4.51. The fourth-order valence-electron chi connectivity index (χ4n) is 2.28. The van der Waals surface area contributed by atoms with Crippen molar-refractivity contribution < 1.29 is 9.53 Å². The van der Waals surface area contributed by atoms with Gasteiger partial charge < -0.3 is 15.4 Å². The summed E-state index contributed by atoms with van der Waals surface area (Å²) in [5.74, 6) is 0.804. The molecule has 0 aliphatic carbocycles. The number of nitrogens with one attached hydrogen (secondary N) is 2. The fraction of sp³-hybridized carbons (Fsp3) is 0.500. The highest BCUT2D eigenvalue weighted by Crippen LogP contribution is 2.35. The van der Waals surface area contributed by atoms with Crippen LogP contribution < -0.4 is 15.4 Å². The quantitative estimate of drug-likeness (QED) is 0.754. The van der Waals surface area contributed by atoms with Crippen LogP contribution in [0.3, 0.4) is 0 Å². The SMILES string of the molecule is CCCNCCc1ccc(OC)c2c1CC(=O)N2. The van der Waals surface area contributed by atoms with Crippen LogP contribution in [0.15, 0.2) is 12.1 Å². The molecule has 0 aromatic heterocycles. The summed E-state index contributed by atoms with van der Waals surface area (Å²) in [4.78, 5) is 11.5. The van der Waals surface area contributed by atoms with Gasteiger partial charge in [-0.25, -0.2) is 0 Å². The van der Waals surface area contributed by atoms with Crippen molar-refractivity contribution in [2.75, 3.05) is 25.5 Å². The van der Waals surface area contributed by atoms with Crippen molar-refractivity contribution in [3.8, 4) is 5.75 Å². The number of amides is 1. The predicted molar refractivity (Wildman–Crippen MR) is 72.2 cm³/mol. The summed E-state index contributed by atoms with van der Waals surface area (Å²) in [5, 5.41) is 6.25. The summed E-state index contributed by atoms with van der Waals surface area (Å²) in [6.45, 7) is 4.14. The molecule has 4 heteroatoms. The number of carbonyl (C=O) groups is 1. The number of carbonyl (C=O) groups excluding carboxylic acids is 1. The lowest BCUT2D eigenvalue weighted by Gasteiger charge is -2.11. The minimum absolute atomic E-state index is 0.0530. The number of hydrogen-bond acceptors (Lipinski definition) is 3. The van der Waals surface area contributed by atoms with Gasteiger partial charge in [0.05, 0.1) is 19.2 Å². The Morgan fingerprint density at radius 1 is 1.39 bits per heavy atom. The van der Waals surface area contributed by atoms with Crippen LogP contribution in [0.5, 0.6) is 5.75 Å². The van der Waals surface area contributed by atoms with Gasteiger partial charge in [-0.05, 0) is 43.1 Å². The molecular formula is C14H20N2O2. The lowest BCUT2D eigenvalue weighted by molar-refractivity contribution is -0.115. The molecule has 0 bridgehead atoms. The van der Waals surface area contributed by atoms with E-state index >= 15 is 0 Å². The van der Waals surface area contributed by atoms with Crippen LogP contribution in [0.4, 0.5) is 5.69 Å². The number of hydrogen-bond donors (Lipinski definition) is 2. The Morgan fingerprint density at radius 2 is 2.22 bits per heavy atom. The smallest absolute Gasteiger partial charge is 0.228 e. The van der Waals surface area contributed by atoms with E-state index in [0.29, 0.717) is 6.42 Å². The van der Waals surface area contributed by atoms with Gasteiger partial charge in [-0.3, -0.25) is 4.79 Å². The molecule has 0 atom stereocenters. The topological polar surface area (TPSA) is 50.4 Å². The maximum atomic E-state index is 11.5. The highest BCUT2D eigenvalue weighted by molar-refractivity contribution is 6.01. The molecule has 0 spiro atoms. The molecule has 1 heterocycles. The summed E-state index contributed by atoms with van der Waals surface area (Å²) in [5.41, 5.74) is 3.18. The largest absolute Gasteiger partial charge is 0.495 e. The lowest BCUT2D eigenvalue weighted by Crippen LogP contribution is -2.18. The Hall–Kier alpha value is -1.55. The van der Waals surface area contributed by atoms with E-state index in [4.69, 9.17) is 4.74 Å². The number of methoxy groups -OCH3 is 1. The van der Waals surface area contributed by atoms with Crippen molar-refractivity contribution in [2.24, 2.45) is 0 Å². The molecule has 0 unspecified atom stereocenters. The third-order valence-corrected chi connectivity index (χ3v) is 3.19. The summed E-state index contributed by atoms with van der Waals surface area (Å²) in [6, 6.07) is 3.99. The summed E-state index contributed by atoms with van der Waals surface area (Å²) in [6.07, 6.45) is 2.55. The van der Waals surface area contributed by atoms with Gasteiger partial charge in [0.15, 0.2) is 0 Å². The van der Waals surface area contributed by atoms with Gasteiger partial charge in [0.25, 0.3) is 0 Å². The first-order chi connectivity index (χ1) is 8.76. The van der Waals surface area contributed by atoms with E-state index in [-0.39, 0.29) is 5.91 Å². The normalized spacial score (nSPS) is 13.3. The van der Waals surface area contributed by atoms with E-state index in [0.717, 1.165) is 42.9 Å². The van der Waals surface area contributed by atoms with E-state index in [1.165, 1.54) is 5.56 Å². The molecule has 2 rings (SSSR count). The molecule has 1 aromatic carbocycles. The van der Waals surface area contributed by atoms with Gasteiger partial charge in [-0.1, -0.05) is 13.0 Å². The Kier molecular flexibility index (Phi) is 4.20. The second kappa shape index (κ2) is 5.87. The van der Waals surface area contributed by atoms with Crippen molar-refractivity contribution >= 4 is 11.6 Å². The molecule has 1 aromatic rings. The van der Waals surface area contributed by atoms with Crippen molar-refractivity contribution in [3.05, 3.63) is 23.3 Å². The summed E-state index contributed by atoms with van der Waals surface area (Å²) in [7, 11) is 1.63. The Balaban J connectivity index is 2.12. The van der Waals surface area contributed by atoms with Gasteiger partial charge in [-0.2, -0.15) is 0 Å². The predicted octanol–water partition coefficient (Wildman–Crippen LogP) is 1.73. The average molecular weight is 248 g/mol. The third-order valence-electron chi connectivity index (χ3n) is 3.19. The number of ether oxygens (including phenoxy) is 1. The average Bonchev–Trinajstić information content (AvgIpc) is 2.76. The first-order valence-electron chi connectivity index (χ1n) is 6.45. The highest BCUT2D eigenvalue weighted by Gasteiger charge is 2.24. The van der Waals surface area contributed by atoms with E-state index < -0.39 is 0 Å². The zero-order chi connectivity index (χ0) is 13.0. The Morgan fingerprint density at radius 3 is 2.94 bits per heavy atom. The molecule has 2 N–H and O–H groups in total. The first kappa shape index (κ1) is 12.9. The Bertz CT molecular complexity index is 444. The van der Waals surface area contributed by atoms with Crippen LogP contribution in [0, 0.1) is 0 Å². The van der Waals surface area contributed by atoms with E-state index in [1.54, 1.807) is 7.11 Å². The minimum Gasteiger partial charge on any atom is -0.495 e. The molecule has 0 radical (unpaired) electrons. The molecule has 0 saturated carbocycles. The van der Waals surface area contributed by atoms with Crippen molar-refractivity contribution in [3.63, 3.8) is 0 Å². The number of benzene rings is 1. The van der Waals surface area contributed by atoms with E-state index in [1.807, 2.05) is 6.07 Å². The highest BCUT2D eigenvalue weighted by atomic mass is 16.5. The van der Waals surface area contributed by atoms with Crippen LogP contribution in [-0.4, -0.2) is 26.1 Å². The molecule has 1 amide bonds. The molecule has 4 nitrogen and oxygen atoms in total. The van der Waals surface area contributed by atoms with E-state index in [9.17, 15) is 4.79 Å². The van der Waals surface area contributed by atoms with Crippen LogP contribution >= 0.6 is 0 Å². The van der Waals surface area contributed by atoms with Gasteiger partial charge in [-0.15, -0.1) is 0 Å². The van der Waals surface area contributed by atoms with Crippen molar-refractivity contribution in [1.82, 2.24) is 5.32 Å². The maximum absolute atomic E-state index is 11.5. The van der Waals surface area contributed by atoms with Gasteiger partial charge >= 0.3 is 0 Å². The van der Waals surface area contributed by atoms with Crippen LogP contribution in [0.2, 0.25) is 0 Å². The Labute approximate surface area is 108 Å². The number of rotatable bonds is 6. The third kappa shape index (κ3) is 2.64. The van der Waals surface area contributed by atoms with E-state index in [2.05, 4.69) is 23.6 Å². The van der Waals surface area contributed by atoms with Gasteiger partial charge in [0.1, 0.15) is 5.75 Å². The number of fused-ring (bicyclic) bond motifs is 1. The molecule has 0 fully saturated rings. The summed E-state index contributed by atoms with van der Waals surface area (Å²) < 4.78 is 5.27. The van der Waals surface area contributed by atoms with Crippen LogP contribution in [0.25, 0.3) is 0 Å². The molecule has 1 aliphatic heterocycles. The van der Waals surface area contributed by atoms with Crippen molar-refractivity contribution in [1.29, 1.82) is 0 Å². The molecule has 98 valence electrons. The van der Waals surface area contributed by atoms with Gasteiger partial charge in [0.2, 0.25) is 5.91 Å². The zero-order valence-corrected chi connectivity index (χ0v) is 11.0. The molecule has 1 aliphatic rings. The molecule has 18 heavy (non-hydrogen) atoms. The second-order valence-corrected chi connectivity index (χ2v) is 4.51. The number of anilines is 1. The molecule has 0 saturated heterocycles. The first-order valence-corrected chi connectivity index (χ1v) is 6.45. The molecular weight excluding hydrogens is 228 g/mol. The minimum atomic E-state index is 0.0530.